The van der Waals surface area contributed by atoms with Crippen LogP contribution in [-0.2, 0) is 11.2 Å². The third-order valence-corrected chi connectivity index (χ3v) is 4.27. The van der Waals surface area contributed by atoms with Gasteiger partial charge in [-0.1, -0.05) is 35.0 Å². The molecule has 0 aromatic heterocycles. The number of carbonyl (C=O) groups is 1. The molecule has 5 heteroatoms. The summed E-state index contributed by atoms with van der Waals surface area (Å²) in [6, 6.07) is 8.45. The van der Waals surface area contributed by atoms with Gasteiger partial charge in [0.25, 0.3) is 0 Å². The monoisotopic (exact) mass is 374 g/mol. The van der Waals surface area contributed by atoms with Crippen LogP contribution in [0.5, 0.6) is 0 Å². The molecule has 0 aliphatic carbocycles. The molecule has 1 aromatic rings. The second-order valence-electron chi connectivity index (χ2n) is 5.38. The number of nitrogens with zero attached hydrogens (tertiary/aromatic N) is 1. The van der Waals surface area contributed by atoms with Gasteiger partial charge < -0.3 is 10.2 Å². The molecule has 0 saturated carbocycles. The van der Waals surface area contributed by atoms with Crippen LogP contribution >= 0.6 is 28.3 Å². The standard InChI is InChI=1S/C16H23BrN2O.ClH/c1-2-10-19(15-6-8-18-9-7-15)16(20)12-13-4-3-5-14(17)11-13;/h3-5,11,15,18H,2,6-10,12H2,1H3;1H. The highest BCUT2D eigenvalue weighted by Crippen LogP contribution is 2.17. The van der Waals surface area contributed by atoms with E-state index in [1.165, 1.54) is 0 Å². The number of nitrogens with one attached hydrogen (secondary N) is 1. The van der Waals surface area contributed by atoms with Crippen molar-refractivity contribution in [3.05, 3.63) is 34.3 Å². The molecule has 1 N–H and O–H groups in total. The van der Waals surface area contributed by atoms with Gasteiger partial charge in [0.1, 0.15) is 0 Å². The third kappa shape index (κ3) is 5.61. The first kappa shape index (κ1) is 18.5. The van der Waals surface area contributed by atoms with Gasteiger partial charge >= 0.3 is 0 Å². The lowest BCUT2D eigenvalue weighted by Gasteiger charge is -2.34. The van der Waals surface area contributed by atoms with E-state index in [4.69, 9.17) is 0 Å². The first-order chi connectivity index (χ1) is 9.70. The van der Waals surface area contributed by atoms with Gasteiger partial charge in [0, 0.05) is 17.1 Å². The van der Waals surface area contributed by atoms with Crippen LogP contribution < -0.4 is 5.32 Å². The summed E-state index contributed by atoms with van der Waals surface area (Å²) in [6.45, 7) is 5.06. The summed E-state index contributed by atoms with van der Waals surface area (Å²) in [5, 5.41) is 3.36. The Morgan fingerprint density at radius 1 is 1.38 bits per heavy atom. The minimum absolute atomic E-state index is 0. The Bertz CT molecular complexity index is 450. The summed E-state index contributed by atoms with van der Waals surface area (Å²) in [7, 11) is 0. The summed E-state index contributed by atoms with van der Waals surface area (Å²) in [4.78, 5) is 14.7. The van der Waals surface area contributed by atoms with E-state index >= 15 is 0 Å². The Morgan fingerprint density at radius 2 is 2.10 bits per heavy atom. The topological polar surface area (TPSA) is 32.3 Å². The molecule has 2 rings (SSSR count). The average Bonchev–Trinajstić information content (AvgIpc) is 2.45. The quantitative estimate of drug-likeness (QED) is 0.855. The molecule has 1 aromatic carbocycles. The lowest BCUT2D eigenvalue weighted by atomic mass is 10.0. The van der Waals surface area contributed by atoms with Crippen molar-refractivity contribution in [3.8, 4) is 0 Å². The van der Waals surface area contributed by atoms with Crippen molar-refractivity contribution in [2.24, 2.45) is 0 Å². The number of benzene rings is 1. The summed E-state index contributed by atoms with van der Waals surface area (Å²) < 4.78 is 1.03. The van der Waals surface area contributed by atoms with Gasteiger partial charge in [-0.15, -0.1) is 12.4 Å². The van der Waals surface area contributed by atoms with Crippen LogP contribution in [0.2, 0.25) is 0 Å². The van der Waals surface area contributed by atoms with Crippen molar-refractivity contribution >= 4 is 34.2 Å². The Balaban J connectivity index is 0.00000220. The van der Waals surface area contributed by atoms with Crippen LogP contribution in [0.4, 0.5) is 0 Å². The van der Waals surface area contributed by atoms with Gasteiger partial charge in [-0.2, -0.15) is 0 Å². The Kier molecular flexibility index (Phi) is 8.30. The maximum Gasteiger partial charge on any atom is 0.227 e. The van der Waals surface area contributed by atoms with E-state index < -0.39 is 0 Å². The maximum atomic E-state index is 12.6. The summed E-state index contributed by atoms with van der Waals surface area (Å²) in [5.74, 6) is 0.261. The molecule has 1 aliphatic heterocycles. The van der Waals surface area contributed by atoms with Crippen LogP contribution in [-0.4, -0.2) is 36.5 Å². The van der Waals surface area contributed by atoms with Crippen LogP contribution in [0.25, 0.3) is 0 Å². The maximum absolute atomic E-state index is 12.6. The van der Waals surface area contributed by atoms with E-state index in [1.807, 2.05) is 24.3 Å². The largest absolute Gasteiger partial charge is 0.339 e. The second-order valence-corrected chi connectivity index (χ2v) is 6.29. The first-order valence-electron chi connectivity index (χ1n) is 7.45. The van der Waals surface area contributed by atoms with Crippen molar-refractivity contribution in [2.45, 2.75) is 38.6 Å². The van der Waals surface area contributed by atoms with Crippen LogP contribution in [0.15, 0.2) is 28.7 Å². The van der Waals surface area contributed by atoms with Gasteiger partial charge in [-0.3, -0.25) is 4.79 Å². The van der Waals surface area contributed by atoms with Crippen LogP contribution in [0.1, 0.15) is 31.7 Å². The van der Waals surface area contributed by atoms with Crippen LogP contribution in [0.3, 0.4) is 0 Å². The van der Waals surface area contributed by atoms with Gasteiger partial charge in [-0.05, 0) is 50.0 Å². The molecule has 0 bridgehead atoms. The molecule has 1 amide bonds. The zero-order valence-electron chi connectivity index (χ0n) is 12.5. The van der Waals surface area contributed by atoms with E-state index in [9.17, 15) is 4.79 Å². The molecule has 1 heterocycles. The Labute approximate surface area is 142 Å². The van der Waals surface area contributed by atoms with E-state index in [1.54, 1.807) is 0 Å². The molecule has 21 heavy (non-hydrogen) atoms. The molecule has 1 fully saturated rings. The Hall–Kier alpha value is -0.580. The normalized spacial score (nSPS) is 15.3. The van der Waals surface area contributed by atoms with E-state index in [0.717, 1.165) is 48.9 Å². The Morgan fingerprint density at radius 3 is 2.71 bits per heavy atom. The molecule has 0 spiro atoms. The number of halogens is 2. The highest BCUT2D eigenvalue weighted by atomic mass is 79.9. The van der Waals surface area contributed by atoms with Gasteiger partial charge in [0.2, 0.25) is 5.91 Å². The minimum Gasteiger partial charge on any atom is -0.339 e. The number of carbonyl (C=O) groups excluding carboxylic acids is 1. The fraction of sp³-hybridized carbons (Fsp3) is 0.562. The lowest BCUT2D eigenvalue weighted by molar-refractivity contribution is -0.133. The molecule has 1 aliphatic rings. The smallest absolute Gasteiger partial charge is 0.227 e. The van der Waals surface area contributed by atoms with E-state index in [0.29, 0.717) is 12.5 Å². The number of hydrogen-bond donors (Lipinski definition) is 1. The highest BCUT2D eigenvalue weighted by Gasteiger charge is 2.24. The number of piperidine rings is 1. The van der Waals surface area contributed by atoms with Gasteiger partial charge in [0.05, 0.1) is 6.42 Å². The highest BCUT2D eigenvalue weighted by molar-refractivity contribution is 9.10. The minimum atomic E-state index is 0. The number of rotatable bonds is 5. The van der Waals surface area contributed by atoms with Crippen molar-refractivity contribution in [2.75, 3.05) is 19.6 Å². The van der Waals surface area contributed by atoms with Crippen molar-refractivity contribution in [1.82, 2.24) is 10.2 Å². The molecular weight excluding hydrogens is 352 g/mol. The predicted octanol–water partition coefficient (Wildman–Crippen LogP) is 3.40. The van der Waals surface area contributed by atoms with E-state index in [2.05, 4.69) is 33.1 Å². The fourth-order valence-corrected chi connectivity index (χ4v) is 3.24. The SMILES string of the molecule is CCCN(C(=O)Cc1cccc(Br)c1)C1CCNCC1.Cl. The summed E-state index contributed by atoms with van der Waals surface area (Å²) >= 11 is 3.46. The van der Waals surface area contributed by atoms with Crippen LogP contribution in [0, 0.1) is 0 Å². The molecule has 0 radical (unpaired) electrons. The zero-order valence-corrected chi connectivity index (χ0v) is 14.9. The molecule has 0 atom stereocenters. The number of hydrogen-bond acceptors (Lipinski definition) is 2. The molecule has 1 saturated heterocycles. The average molecular weight is 376 g/mol. The summed E-state index contributed by atoms with van der Waals surface area (Å²) in [5.41, 5.74) is 1.08. The first-order valence-corrected chi connectivity index (χ1v) is 8.24. The fourth-order valence-electron chi connectivity index (χ4n) is 2.79. The zero-order chi connectivity index (χ0) is 14.4. The van der Waals surface area contributed by atoms with Crippen molar-refractivity contribution in [3.63, 3.8) is 0 Å². The summed E-state index contributed by atoms with van der Waals surface area (Å²) in [6.07, 6.45) is 3.67. The molecule has 3 nitrogen and oxygen atoms in total. The van der Waals surface area contributed by atoms with Gasteiger partial charge in [-0.25, -0.2) is 0 Å². The predicted molar refractivity (Wildman–Crippen MR) is 93.0 cm³/mol. The van der Waals surface area contributed by atoms with Gasteiger partial charge in [0.15, 0.2) is 0 Å². The lowest BCUT2D eigenvalue weighted by Crippen LogP contribution is -2.47. The van der Waals surface area contributed by atoms with E-state index in [-0.39, 0.29) is 18.3 Å². The molecular formula is C16H24BrClN2O. The molecule has 0 unspecified atom stereocenters. The third-order valence-electron chi connectivity index (χ3n) is 3.78. The molecule has 118 valence electrons. The number of amides is 1. The second kappa shape index (κ2) is 9.44. The van der Waals surface area contributed by atoms with Crippen molar-refractivity contribution < 1.29 is 4.79 Å². The van der Waals surface area contributed by atoms with Crippen molar-refractivity contribution in [1.29, 1.82) is 0 Å².